The second-order valence-corrected chi connectivity index (χ2v) is 8.08. The fraction of sp³-hybridized carbons (Fsp3) is 0.263. The van der Waals surface area contributed by atoms with Gasteiger partial charge >= 0.3 is 0 Å². The second kappa shape index (κ2) is 5.88. The molecule has 0 spiro atoms. The average Bonchev–Trinajstić information content (AvgIpc) is 3.33. The maximum atomic E-state index is 12.9. The standard InChI is InChI=1S/C19H17NO3S/c1-2-14-8-10-15(11-9-14)17-18(19(17,12-20)13-21)24(22,23)16-6-4-3-5-7-16/h3-11,13,17-18H,2H2,1H3/t17-,18+,19-/m0/s1. The van der Waals surface area contributed by atoms with Crippen molar-refractivity contribution in [1.82, 2.24) is 0 Å². The lowest BCUT2D eigenvalue weighted by atomic mass is 10.0. The van der Waals surface area contributed by atoms with Crippen LogP contribution in [-0.2, 0) is 21.1 Å². The molecule has 0 aromatic heterocycles. The highest BCUT2D eigenvalue weighted by molar-refractivity contribution is 7.92. The van der Waals surface area contributed by atoms with E-state index in [0.717, 1.165) is 12.0 Å². The first-order valence-corrected chi connectivity index (χ1v) is 9.31. The molecule has 0 bridgehead atoms. The van der Waals surface area contributed by atoms with Gasteiger partial charge in [0.2, 0.25) is 0 Å². The number of nitriles is 1. The van der Waals surface area contributed by atoms with Crippen molar-refractivity contribution in [3.8, 4) is 6.07 Å². The van der Waals surface area contributed by atoms with Gasteiger partial charge in [-0.2, -0.15) is 5.26 Å². The van der Waals surface area contributed by atoms with E-state index in [1.807, 2.05) is 37.3 Å². The van der Waals surface area contributed by atoms with E-state index in [1.54, 1.807) is 18.2 Å². The largest absolute Gasteiger partial charge is 0.302 e. The van der Waals surface area contributed by atoms with Crippen LogP contribution in [0.25, 0.3) is 0 Å². The van der Waals surface area contributed by atoms with Crippen LogP contribution in [0.5, 0.6) is 0 Å². The molecule has 0 radical (unpaired) electrons. The van der Waals surface area contributed by atoms with Gasteiger partial charge in [-0.3, -0.25) is 0 Å². The Bertz CT molecular complexity index is 898. The molecule has 2 aromatic rings. The number of hydrogen-bond donors (Lipinski definition) is 0. The predicted octanol–water partition coefficient (Wildman–Crippen LogP) is 2.90. The lowest BCUT2D eigenvalue weighted by Gasteiger charge is -2.04. The normalized spacial score (nSPS) is 25.7. The quantitative estimate of drug-likeness (QED) is 0.785. The molecular weight excluding hydrogens is 322 g/mol. The summed E-state index contributed by atoms with van der Waals surface area (Å²) in [6.45, 7) is 2.03. The van der Waals surface area contributed by atoms with Gasteiger partial charge in [-0.25, -0.2) is 8.42 Å². The third-order valence-corrected chi connectivity index (χ3v) is 6.98. The highest BCUT2D eigenvalue weighted by atomic mass is 32.2. The highest BCUT2D eigenvalue weighted by Gasteiger charge is 2.72. The van der Waals surface area contributed by atoms with Crippen molar-refractivity contribution in [2.24, 2.45) is 5.41 Å². The number of carbonyl (C=O) groups is 1. The minimum Gasteiger partial charge on any atom is -0.302 e. The average molecular weight is 339 g/mol. The van der Waals surface area contributed by atoms with Gasteiger partial charge in [-0.15, -0.1) is 0 Å². The van der Waals surface area contributed by atoms with E-state index in [1.165, 1.54) is 12.1 Å². The van der Waals surface area contributed by atoms with Crippen molar-refractivity contribution in [3.63, 3.8) is 0 Å². The lowest BCUT2D eigenvalue weighted by Crippen LogP contribution is -2.16. The maximum absolute atomic E-state index is 12.9. The number of benzene rings is 2. The van der Waals surface area contributed by atoms with Crippen LogP contribution in [-0.4, -0.2) is 20.0 Å². The van der Waals surface area contributed by atoms with Crippen LogP contribution in [0, 0.1) is 16.7 Å². The summed E-state index contributed by atoms with van der Waals surface area (Å²) in [5.41, 5.74) is 0.323. The predicted molar refractivity (Wildman–Crippen MR) is 90.1 cm³/mol. The molecule has 0 saturated heterocycles. The number of rotatable bonds is 5. The molecular formula is C19H17NO3S. The molecule has 24 heavy (non-hydrogen) atoms. The summed E-state index contributed by atoms with van der Waals surface area (Å²) in [6.07, 6.45) is 1.37. The Morgan fingerprint density at radius 3 is 2.25 bits per heavy atom. The van der Waals surface area contributed by atoms with Crippen LogP contribution < -0.4 is 0 Å². The molecule has 0 unspecified atom stereocenters. The van der Waals surface area contributed by atoms with Gasteiger partial charge in [-0.05, 0) is 29.7 Å². The van der Waals surface area contributed by atoms with E-state index in [0.29, 0.717) is 11.8 Å². The Hall–Kier alpha value is -2.45. The second-order valence-electron chi connectivity index (χ2n) is 6.01. The first-order valence-electron chi connectivity index (χ1n) is 7.76. The van der Waals surface area contributed by atoms with Crippen molar-refractivity contribution in [2.45, 2.75) is 29.4 Å². The van der Waals surface area contributed by atoms with Crippen LogP contribution in [0.15, 0.2) is 59.5 Å². The zero-order valence-electron chi connectivity index (χ0n) is 13.2. The Balaban J connectivity index is 2.06. The first kappa shape index (κ1) is 16.4. The van der Waals surface area contributed by atoms with Gasteiger partial charge in [0.05, 0.1) is 11.0 Å². The Kier molecular flexibility index (Phi) is 4.02. The third kappa shape index (κ3) is 2.35. The molecule has 122 valence electrons. The van der Waals surface area contributed by atoms with Crippen LogP contribution >= 0.6 is 0 Å². The molecule has 1 fully saturated rings. The summed E-state index contributed by atoms with van der Waals surface area (Å²) in [6, 6.07) is 17.4. The fourth-order valence-electron chi connectivity index (χ4n) is 3.28. The van der Waals surface area contributed by atoms with Crippen molar-refractivity contribution in [1.29, 1.82) is 5.26 Å². The van der Waals surface area contributed by atoms with Gasteiger partial charge in [0, 0.05) is 5.92 Å². The van der Waals surface area contributed by atoms with Crippen LogP contribution in [0.3, 0.4) is 0 Å². The Morgan fingerprint density at radius 1 is 1.12 bits per heavy atom. The minimum atomic E-state index is -3.76. The topological polar surface area (TPSA) is 75.0 Å². The van der Waals surface area contributed by atoms with Gasteiger partial charge in [0.25, 0.3) is 0 Å². The number of aryl methyl sites for hydroxylation is 1. The first-order chi connectivity index (χ1) is 11.5. The van der Waals surface area contributed by atoms with Crippen LogP contribution in [0.1, 0.15) is 24.0 Å². The Labute approximate surface area is 141 Å². The molecule has 1 saturated carbocycles. The van der Waals surface area contributed by atoms with Crippen molar-refractivity contribution >= 4 is 16.1 Å². The Morgan fingerprint density at radius 2 is 1.75 bits per heavy atom. The van der Waals surface area contributed by atoms with E-state index >= 15 is 0 Å². The zero-order valence-corrected chi connectivity index (χ0v) is 14.0. The smallest absolute Gasteiger partial charge is 0.183 e. The van der Waals surface area contributed by atoms with Gasteiger partial charge in [-0.1, -0.05) is 49.4 Å². The van der Waals surface area contributed by atoms with E-state index < -0.39 is 26.4 Å². The van der Waals surface area contributed by atoms with E-state index in [-0.39, 0.29) is 4.90 Å². The molecule has 3 atom stereocenters. The molecule has 5 heteroatoms. The molecule has 3 rings (SSSR count). The zero-order chi connectivity index (χ0) is 17.4. The fourth-order valence-corrected chi connectivity index (χ4v) is 5.54. The number of nitrogens with zero attached hydrogens (tertiary/aromatic N) is 1. The molecule has 0 aliphatic heterocycles. The number of hydrogen-bond acceptors (Lipinski definition) is 4. The summed E-state index contributed by atoms with van der Waals surface area (Å²) < 4.78 is 25.8. The number of sulfone groups is 1. The van der Waals surface area contributed by atoms with Crippen molar-refractivity contribution in [2.75, 3.05) is 0 Å². The minimum absolute atomic E-state index is 0.143. The summed E-state index contributed by atoms with van der Waals surface area (Å²) in [5.74, 6) is -0.629. The van der Waals surface area contributed by atoms with Crippen LogP contribution in [0.4, 0.5) is 0 Å². The molecule has 0 N–H and O–H groups in total. The summed E-state index contributed by atoms with van der Waals surface area (Å²) in [4.78, 5) is 11.8. The molecule has 1 aliphatic rings. The molecule has 0 heterocycles. The van der Waals surface area contributed by atoms with E-state index in [2.05, 4.69) is 0 Å². The molecule has 4 nitrogen and oxygen atoms in total. The lowest BCUT2D eigenvalue weighted by molar-refractivity contribution is -0.110. The molecule has 2 aromatic carbocycles. The van der Waals surface area contributed by atoms with Crippen LogP contribution in [0.2, 0.25) is 0 Å². The molecule has 0 amide bonds. The number of aldehydes is 1. The maximum Gasteiger partial charge on any atom is 0.183 e. The van der Waals surface area contributed by atoms with E-state index in [9.17, 15) is 18.5 Å². The van der Waals surface area contributed by atoms with Crippen molar-refractivity contribution in [3.05, 3.63) is 65.7 Å². The summed E-state index contributed by atoms with van der Waals surface area (Å²) in [5, 5.41) is 8.48. The van der Waals surface area contributed by atoms with Gasteiger partial charge in [0.1, 0.15) is 17.0 Å². The van der Waals surface area contributed by atoms with E-state index in [4.69, 9.17) is 0 Å². The third-order valence-electron chi connectivity index (χ3n) is 4.72. The monoisotopic (exact) mass is 339 g/mol. The van der Waals surface area contributed by atoms with Crippen molar-refractivity contribution < 1.29 is 13.2 Å². The number of carbonyl (C=O) groups excluding carboxylic acids is 1. The van der Waals surface area contributed by atoms with Gasteiger partial charge < -0.3 is 4.79 Å². The highest BCUT2D eigenvalue weighted by Crippen LogP contribution is 2.62. The SMILES string of the molecule is CCc1ccc([C@H]2[C@@H](S(=O)(=O)c3ccccc3)[C@@]2(C#N)C=O)cc1. The summed E-state index contributed by atoms with van der Waals surface area (Å²) >= 11 is 0. The summed E-state index contributed by atoms with van der Waals surface area (Å²) in [7, 11) is -3.76. The molecule has 1 aliphatic carbocycles. The van der Waals surface area contributed by atoms with Gasteiger partial charge in [0.15, 0.2) is 9.84 Å².